The Labute approximate surface area is 106 Å². The largest absolute Gasteiger partial charge is 0.478 e. The van der Waals surface area contributed by atoms with E-state index in [1.165, 1.54) is 18.3 Å². The normalized spacial score (nSPS) is 10.7. The first-order valence-corrected chi connectivity index (χ1v) is 5.47. The fourth-order valence-electron chi connectivity index (χ4n) is 1.82. The van der Waals surface area contributed by atoms with Crippen LogP contribution >= 0.6 is 0 Å². The van der Waals surface area contributed by atoms with Crippen LogP contribution in [0.15, 0.2) is 45.7 Å². The van der Waals surface area contributed by atoms with Crippen molar-refractivity contribution in [3.63, 3.8) is 0 Å². The predicted molar refractivity (Wildman–Crippen MR) is 67.0 cm³/mol. The molecule has 94 valence electrons. The van der Waals surface area contributed by atoms with E-state index in [2.05, 4.69) is 9.97 Å². The van der Waals surface area contributed by atoms with Gasteiger partial charge < -0.3 is 14.5 Å². The molecule has 3 rings (SSSR count). The van der Waals surface area contributed by atoms with Gasteiger partial charge in [-0.05, 0) is 18.2 Å². The Morgan fingerprint density at radius 3 is 2.89 bits per heavy atom. The molecule has 0 aliphatic heterocycles. The number of nitrogens with zero attached hydrogens (tertiary/aromatic N) is 1. The van der Waals surface area contributed by atoms with Crippen molar-refractivity contribution < 1.29 is 14.3 Å². The molecule has 0 fully saturated rings. The maximum absolute atomic E-state index is 11.2. The van der Waals surface area contributed by atoms with E-state index in [1.54, 1.807) is 18.2 Å². The zero-order valence-corrected chi connectivity index (χ0v) is 9.58. The van der Waals surface area contributed by atoms with Gasteiger partial charge in [-0.25, -0.2) is 9.78 Å². The summed E-state index contributed by atoms with van der Waals surface area (Å²) in [6, 6.07) is 7.66. The first-order valence-electron chi connectivity index (χ1n) is 5.47. The first kappa shape index (κ1) is 11.2. The van der Waals surface area contributed by atoms with E-state index in [0.29, 0.717) is 11.1 Å². The highest BCUT2D eigenvalue weighted by Gasteiger charge is 2.15. The van der Waals surface area contributed by atoms with Gasteiger partial charge in [-0.15, -0.1) is 0 Å². The Hall–Kier alpha value is -2.89. The molecule has 6 heteroatoms. The van der Waals surface area contributed by atoms with Crippen molar-refractivity contribution in [1.29, 1.82) is 0 Å². The summed E-state index contributed by atoms with van der Waals surface area (Å²) >= 11 is 0. The fourth-order valence-corrected chi connectivity index (χ4v) is 1.82. The molecule has 0 radical (unpaired) electrons. The third-order valence-electron chi connectivity index (χ3n) is 2.67. The van der Waals surface area contributed by atoms with Gasteiger partial charge in [-0.3, -0.25) is 4.79 Å². The van der Waals surface area contributed by atoms with Crippen LogP contribution in [-0.2, 0) is 0 Å². The topological polar surface area (TPSA) is 96.2 Å². The van der Waals surface area contributed by atoms with E-state index < -0.39 is 5.97 Å². The van der Waals surface area contributed by atoms with E-state index in [0.717, 1.165) is 0 Å². The van der Waals surface area contributed by atoms with Gasteiger partial charge in [0.05, 0.1) is 0 Å². The van der Waals surface area contributed by atoms with Gasteiger partial charge in [-0.2, -0.15) is 0 Å². The van der Waals surface area contributed by atoms with Crippen molar-refractivity contribution in [2.45, 2.75) is 0 Å². The molecule has 0 saturated carbocycles. The standard InChI is InChI=1S/C13H8N2O4/c16-10-6-7(4-5-14-10)12-15-9-3-1-2-8(13(17)18)11(9)19-12/h1-6H,(H,14,16)(H,17,18). The van der Waals surface area contributed by atoms with E-state index in [9.17, 15) is 9.59 Å². The van der Waals surface area contributed by atoms with Gasteiger partial charge in [-0.1, -0.05) is 6.07 Å². The molecule has 0 unspecified atom stereocenters. The number of para-hydroxylation sites is 1. The molecule has 0 bridgehead atoms. The number of pyridine rings is 1. The van der Waals surface area contributed by atoms with E-state index in [1.807, 2.05) is 0 Å². The second-order valence-electron chi connectivity index (χ2n) is 3.92. The number of carbonyl (C=O) groups is 1. The number of rotatable bonds is 2. The summed E-state index contributed by atoms with van der Waals surface area (Å²) in [7, 11) is 0. The van der Waals surface area contributed by atoms with Crippen LogP contribution in [0.4, 0.5) is 0 Å². The molecule has 3 aromatic rings. The molecule has 2 N–H and O–H groups in total. The van der Waals surface area contributed by atoms with Crippen molar-refractivity contribution in [1.82, 2.24) is 9.97 Å². The van der Waals surface area contributed by atoms with Crippen molar-refractivity contribution >= 4 is 17.1 Å². The van der Waals surface area contributed by atoms with Crippen LogP contribution in [0.2, 0.25) is 0 Å². The highest BCUT2D eigenvalue weighted by atomic mass is 16.4. The number of carboxylic acids is 1. The number of H-pyrrole nitrogens is 1. The molecule has 0 saturated heterocycles. The van der Waals surface area contributed by atoms with Gasteiger partial charge in [0, 0.05) is 17.8 Å². The van der Waals surface area contributed by atoms with Crippen molar-refractivity contribution in [2.24, 2.45) is 0 Å². The Balaban J connectivity index is 2.25. The number of hydrogen-bond donors (Lipinski definition) is 2. The van der Waals surface area contributed by atoms with Crippen LogP contribution in [0.5, 0.6) is 0 Å². The molecule has 0 spiro atoms. The highest BCUT2D eigenvalue weighted by molar-refractivity contribution is 6.00. The maximum atomic E-state index is 11.2. The van der Waals surface area contributed by atoms with Crippen LogP contribution in [-0.4, -0.2) is 21.0 Å². The lowest BCUT2D eigenvalue weighted by molar-refractivity contribution is 0.0698. The zero-order valence-electron chi connectivity index (χ0n) is 9.58. The monoisotopic (exact) mass is 256 g/mol. The lowest BCUT2D eigenvalue weighted by Gasteiger charge is -1.93. The highest BCUT2D eigenvalue weighted by Crippen LogP contribution is 2.25. The number of aromatic nitrogens is 2. The number of fused-ring (bicyclic) bond motifs is 1. The Kier molecular flexibility index (Phi) is 2.42. The van der Waals surface area contributed by atoms with E-state index >= 15 is 0 Å². The van der Waals surface area contributed by atoms with Gasteiger partial charge >= 0.3 is 5.97 Å². The molecule has 6 nitrogen and oxygen atoms in total. The van der Waals surface area contributed by atoms with Gasteiger partial charge in [0.2, 0.25) is 11.4 Å². The van der Waals surface area contributed by atoms with E-state index in [-0.39, 0.29) is 22.6 Å². The van der Waals surface area contributed by atoms with E-state index in [4.69, 9.17) is 9.52 Å². The number of aromatic carboxylic acids is 1. The molecule has 1 aromatic carbocycles. The van der Waals surface area contributed by atoms with Crippen molar-refractivity contribution in [3.8, 4) is 11.5 Å². The summed E-state index contributed by atoms with van der Waals surface area (Å²) < 4.78 is 5.46. The SMILES string of the molecule is O=C(O)c1cccc2nc(-c3cc[nH]c(=O)c3)oc12. The summed E-state index contributed by atoms with van der Waals surface area (Å²) in [6.07, 6.45) is 1.48. The number of nitrogens with one attached hydrogen (secondary N) is 1. The third kappa shape index (κ3) is 1.89. The Morgan fingerprint density at radius 2 is 2.16 bits per heavy atom. The van der Waals surface area contributed by atoms with Crippen molar-refractivity contribution in [2.75, 3.05) is 0 Å². The van der Waals surface area contributed by atoms with Gasteiger partial charge in [0.25, 0.3) is 0 Å². The minimum absolute atomic E-state index is 0.0427. The molecule has 19 heavy (non-hydrogen) atoms. The summed E-state index contributed by atoms with van der Waals surface area (Å²) in [6.45, 7) is 0. The number of carboxylic acid groups (broad SMARTS) is 1. The van der Waals surface area contributed by atoms with Gasteiger partial charge in [0.15, 0.2) is 5.58 Å². The molecule has 0 amide bonds. The number of benzene rings is 1. The molecule has 0 aliphatic carbocycles. The first-order chi connectivity index (χ1) is 9.15. The average molecular weight is 256 g/mol. The minimum Gasteiger partial charge on any atom is -0.478 e. The van der Waals surface area contributed by atoms with Crippen LogP contribution in [0.1, 0.15) is 10.4 Å². The second-order valence-corrected chi connectivity index (χ2v) is 3.92. The molecular weight excluding hydrogens is 248 g/mol. The summed E-state index contributed by atoms with van der Waals surface area (Å²) in [5, 5.41) is 9.06. The quantitative estimate of drug-likeness (QED) is 0.729. The maximum Gasteiger partial charge on any atom is 0.339 e. The summed E-state index contributed by atoms with van der Waals surface area (Å²) in [5.74, 6) is -0.867. The summed E-state index contributed by atoms with van der Waals surface area (Å²) in [4.78, 5) is 29.0. The molecular formula is C13H8N2O4. The molecule has 2 aromatic heterocycles. The summed E-state index contributed by atoms with van der Waals surface area (Å²) in [5.41, 5.74) is 0.899. The average Bonchev–Trinajstić information content (AvgIpc) is 2.82. The predicted octanol–water partition coefficient (Wildman–Crippen LogP) is 1.88. The smallest absolute Gasteiger partial charge is 0.339 e. The van der Waals surface area contributed by atoms with Crippen molar-refractivity contribution in [3.05, 3.63) is 52.4 Å². The molecule has 2 heterocycles. The van der Waals surface area contributed by atoms with Crippen LogP contribution in [0.3, 0.4) is 0 Å². The van der Waals surface area contributed by atoms with Gasteiger partial charge in [0.1, 0.15) is 11.1 Å². The second kappa shape index (κ2) is 4.09. The zero-order chi connectivity index (χ0) is 13.4. The number of aromatic amines is 1. The Bertz CT molecular complexity index is 832. The lowest BCUT2D eigenvalue weighted by Crippen LogP contribution is -2.01. The van der Waals surface area contributed by atoms with Crippen LogP contribution < -0.4 is 5.56 Å². The Morgan fingerprint density at radius 1 is 1.32 bits per heavy atom. The van der Waals surface area contributed by atoms with Crippen LogP contribution in [0, 0.1) is 0 Å². The third-order valence-corrected chi connectivity index (χ3v) is 2.67. The fraction of sp³-hybridized carbons (Fsp3) is 0. The molecule has 0 atom stereocenters. The number of hydrogen-bond acceptors (Lipinski definition) is 4. The minimum atomic E-state index is -1.08. The molecule has 0 aliphatic rings. The van der Waals surface area contributed by atoms with Crippen LogP contribution in [0.25, 0.3) is 22.6 Å². The number of oxazole rings is 1. The lowest BCUT2D eigenvalue weighted by atomic mass is 10.2.